The molecule has 0 N–H and O–H groups in total. The first kappa shape index (κ1) is 21.1. The van der Waals surface area contributed by atoms with E-state index in [9.17, 15) is 4.79 Å². The Kier molecular flexibility index (Phi) is 10.1. The summed E-state index contributed by atoms with van der Waals surface area (Å²) in [4.78, 5) is 11.9. The number of carbonyl (C=O) groups is 1. The van der Waals surface area contributed by atoms with Crippen LogP contribution in [0.2, 0.25) is 18.1 Å². The monoisotopic (exact) mass is 426 g/mol. The molecule has 0 aromatic heterocycles. The molecule has 0 bridgehead atoms. The molecule has 21 heavy (non-hydrogen) atoms. The van der Waals surface area contributed by atoms with E-state index in [0.717, 1.165) is 24.6 Å². The largest absolute Gasteiger partial charge is 0.463 e. The number of hydrogen-bond donors (Lipinski definition) is 0. The molecule has 0 aromatic rings. The summed E-state index contributed by atoms with van der Waals surface area (Å²) in [5, 5.41) is 0. The van der Waals surface area contributed by atoms with Crippen molar-refractivity contribution in [2.45, 2.75) is 72.2 Å². The molecular formula is C16H31IO3Si. The topological polar surface area (TPSA) is 35.5 Å². The summed E-state index contributed by atoms with van der Waals surface area (Å²) in [5.74, 6) is -0.161. The lowest BCUT2D eigenvalue weighted by Crippen LogP contribution is -2.42. The van der Waals surface area contributed by atoms with Crippen molar-refractivity contribution in [1.82, 2.24) is 0 Å². The van der Waals surface area contributed by atoms with Gasteiger partial charge >= 0.3 is 5.97 Å². The average molecular weight is 426 g/mol. The molecule has 0 aliphatic carbocycles. The maximum Gasteiger partial charge on any atom is 0.311 e. The number of halogens is 1. The molecule has 0 radical (unpaired) electrons. The summed E-state index contributed by atoms with van der Waals surface area (Å²) in [7, 11) is -1.68. The zero-order valence-corrected chi connectivity index (χ0v) is 17.5. The lowest BCUT2D eigenvalue weighted by atomic mass is 9.97. The number of carbonyl (C=O) groups excluding carboxylic acids is 1. The molecule has 3 nitrogen and oxygen atoms in total. The number of ether oxygens (including phenoxy) is 1. The highest BCUT2D eigenvalue weighted by Crippen LogP contribution is 2.25. The lowest BCUT2D eigenvalue weighted by Gasteiger charge is -2.33. The van der Waals surface area contributed by atoms with Crippen molar-refractivity contribution in [2.75, 3.05) is 6.61 Å². The Morgan fingerprint density at radius 2 is 1.71 bits per heavy atom. The van der Waals surface area contributed by atoms with Gasteiger partial charge in [-0.05, 0) is 49.4 Å². The van der Waals surface area contributed by atoms with Crippen LogP contribution in [-0.4, -0.2) is 27.0 Å². The summed E-state index contributed by atoms with van der Waals surface area (Å²) >= 11 is 2.21. The lowest BCUT2D eigenvalue weighted by molar-refractivity contribution is -0.155. The molecule has 0 amide bonds. The van der Waals surface area contributed by atoms with Crippen LogP contribution in [0.25, 0.3) is 0 Å². The smallest absolute Gasteiger partial charge is 0.311 e. The van der Waals surface area contributed by atoms with Crippen LogP contribution in [0.5, 0.6) is 0 Å². The molecule has 1 atom stereocenters. The molecule has 0 saturated heterocycles. The summed E-state index contributed by atoms with van der Waals surface area (Å²) in [5.41, 5.74) is -0.460. The molecule has 0 aromatic carbocycles. The first-order valence-electron chi connectivity index (χ1n) is 7.85. The van der Waals surface area contributed by atoms with Crippen LogP contribution in [0.1, 0.15) is 48.0 Å². The van der Waals surface area contributed by atoms with Crippen LogP contribution in [0, 0.1) is 5.41 Å². The maximum absolute atomic E-state index is 11.9. The predicted octanol–water partition coefficient (Wildman–Crippen LogP) is 5.30. The molecule has 5 heteroatoms. The highest BCUT2D eigenvalue weighted by atomic mass is 127. The summed E-state index contributed by atoms with van der Waals surface area (Å²) < 4.78 is 13.9. The molecule has 0 aliphatic rings. The van der Waals surface area contributed by atoms with E-state index in [4.69, 9.17) is 9.16 Å². The van der Waals surface area contributed by atoms with Crippen molar-refractivity contribution in [3.05, 3.63) is 10.2 Å². The zero-order valence-electron chi connectivity index (χ0n) is 14.4. The summed E-state index contributed by atoms with van der Waals surface area (Å²) in [6.45, 7) is 12.6. The highest BCUT2D eigenvalue weighted by Gasteiger charge is 2.32. The highest BCUT2D eigenvalue weighted by molar-refractivity contribution is 14.1. The molecule has 0 unspecified atom stereocenters. The first-order chi connectivity index (χ1) is 9.74. The molecule has 0 heterocycles. The van der Waals surface area contributed by atoms with Gasteiger partial charge in [-0.15, -0.1) is 0 Å². The molecule has 0 spiro atoms. The van der Waals surface area contributed by atoms with Gasteiger partial charge in [0.15, 0.2) is 8.32 Å². The van der Waals surface area contributed by atoms with E-state index < -0.39 is 13.7 Å². The van der Waals surface area contributed by atoms with Gasteiger partial charge in [-0.3, -0.25) is 4.79 Å². The third kappa shape index (κ3) is 7.79. The summed E-state index contributed by atoms with van der Waals surface area (Å²) in [6.07, 6.45) is 2.86. The quantitative estimate of drug-likeness (QED) is 0.285. The Morgan fingerprint density at radius 1 is 1.19 bits per heavy atom. The van der Waals surface area contributed by atoms with Crippen LogP contribution in [-0.2, 0) is 14.0 Å². The van der Waals surface area contributed by atoms with Crippen LogP contribution in [0.3, 0.4) is 0 Å². The van der Waals surface area contributed by atoms with Crippen molar-refractivity contribution < 1.29 is 14.0 Å². The standard InChI is InChI=1S/C16H31IO3Si/c1-7-21(8-2,9-3)20-14(11-10-12-17)13-19-15(18)16(4,5)6/h10,12,14H,7-9,11,13H2,1-6H3/b12-10-/t14-/m1/s1. The van der Waals surface area contributed by atoms with Gasteiger partial charge in [0, 0.05) is 0 Å². The minimum Gasteiger partial charge on any atom is -0.463 e. The maximum atomic E-state index is 11.9. The van der Waals surface area contributed by atoms with E-state index >= 15 is 0 Å². The molecular weight excluding hydrogens is 395 g/mol. The minimum absolute atomic E-state index is 0.0196. The normalized spacial score (nSPS) is 14.4. The van der Waals surface area contributed by atoms with E-state index in [0.29, 0.717) is 6.61 Å². The van der Waals surface area contributed by atoms with Crippen molar-refractivity contribution in [2.24, 2.45) is 5.41 Å². The van der Waals surface area contributed by atoms with Gasteiger partial charge < -0.3 is 9.16 Å². The zero-order chi connectivity index (χ0) is 16.5. The van der Waals surface area contributed by atoms with Crippen molar-refractivity contribution in [3.63, 3.8) is 0 Å². The fraction of sp³-hybridized carbons (Fsp3) is 0.812. The molecule has 0 aliphatic heterocycles. The Hall–Kier alpha value is 0.117. The van der Waals surface area contributed by atoms with E-state index in [1.54, 1.807) is 0 Å². The van der Waals surface area contributed by atoms with Crippen LogP contribution in [0.15, 0.2) is 10.2 Å². The second kappa shape index (κ2) is 10.00. The molecule has 0 rings (SSSR count). The van der Waals surface area contributed by atoms with Crippen LogP contribution < -0.4 is 0 Å². The van der Waals surface area contributed by atoms with E-state index in [1.807, 2.05) is 24.9 Å². The van der Waals surface area contributed by atoms with Gasteiger partial charge in [0.1, 0.15) is 6.61 Å². The minimum atomic E-state index is -1.68. The molecule has 124 valence electrons. The first-order valence-corrected chi connectivity index (χ1v) is 11.6. The van der Waals surface area contributed by atoms with Gasteiger partial charge in [0.05, 0.1) is 11.5 Å². The Labute approximate surface area is 145 Å². The molecule has 0 fully saturated rings. The Bertz CT molecular complexity index is 325. The van der Waals surface area contributed by atoms with Crippen molar-refractivity contribution in [3.8, 4) is 0 Å². The van der Waals surface area contributed by atoms with Crippen molar-refractivity contribution >= 4 is 36.9 Å². The number of hydrogen-bond acceptors (Lipinski definition) is 3. The van der Waals surface area contributed by atoms with E-state index in [1.165, 1.54) is 0 Å². The van der Waals surface area contributed by atoms with Gasteiger partial charge in [-0.2, -0.15) is 0 Å². The molecule has 0 saturated carbocycles. The fourth-order valence-electron chi connectivity index (χ4n) is 2.09. The Balaban J connectivity index is 4.76. The van der Waals surface area contributed by atoms with Gasteiger partial charge in [-0.1, -0.05) is 49.4 Å². The van der Waals surface area contributed by atoms with Crippen LogP contribution >= 0.6 is 22.6 Å². The Morgan fingerprint density at radius 3 is 2.10 bits per heavy atom. The second-order valence-electron chi connectivity index (χ2n) is 6.43. The fourth-order valence-corrected chi connectivity index (χ4v) is 5.26. The van der Waals surface area contributed by atoms with Gasteiger partial charge in [0.25, 0.3) is 0 Å². The second-order valence-corrected chi connectivity index (χ2v) is 11.9. The van der Waals surface area contributed by atoms with Gasteiger partial charge in [-0.25, -0.2) is 0 Å². The van der Waals surface area contributed by atoms with Crippen LogP contribution in [0.4, 0.5) is 0 Å². The predicted molar refractivity (Wildman–Crippen MR) is 100 cm³/mol. The summed E-state index contributed by atoms with van der Waals surface area (Å²) in [6, 6.07) is 3.33. The number of esters is 1. The average Bonchev–Trinajstić information content (AvgIpc) is 2.45. The third-order valence-electron chi connectivity index (χ3n) is 3.85. The van der Waals surface area contributed by atoms with E-state index in [2.05, 4.69) is 49.4 Å². The van der Waals surface area contributed by atoms with E-state index in [-0.39, 0.29) is 12.1 Å². The SMILES string of the molecule is CC[Si](CC)(CC)O[C@H](C/C=C\I)COC(=O)C(C)(C)C. The number of rotatable bonds is 9. The van der Waals surface area contributed by atoms with Crippen molar-refractivity contribution in [1.29, 1.82) is 0 Å². The van der Waals surface area contributed by atoms with Gasteiger partial charge in [0.2, 0.25) is 0 Å². The third-order valence-corrected chi connectivity index (χ3v) is 9.06.